The summed E-state index contributed by atoms with van der Waals surface area (Å²) in [5.74, 6) is 1.62. The zero-order valence-electron chi connectivity index (χ0n) is 11.8. The van der Waals surface area contributed by atoms with Crippen LogP contribution in [0.2, 0.25) is 0 Å². The summed E-state index contributed by atoms with van der Waals surface area (Å²) in [4.78, 5) is 0. The molecule has 0 spiro atoms. The molecule has 1 fully saturated rings. The lowest BCUT2D eigenvalue weighted by atomic mass is 9.75. The van der Waals surface area contributed by atoms with E-state index in [2.05, 4.69) is 37.4 Å². The summed E-state index contributed by atoms with van der Waals surface area (Å²) in [6.07, 6.45) is 5.03. The van der Waals surface area contributed by atoms with Crippen molar-refractivity contribution in [2.45, 2.75) is 45.1 Å². The molecule has 0 aromatic heterocycles. The van der Waals surface area contributed by atoms with Gasteiger partial charge in [0.2, 0.25) is 0 Å². The zero-order chi connectivity index (χ0) is 13.0. The molecule has 0 saturated carbocycles. The van der Waals surface area contributed by atoms with Crippen LogP contribution in [0, 0.1) is 5.92 Å². The predicted molar refractivity (Wildman–Crippen MR) is 76.1 cm³/mol. The van der Waals surface area contributed by atoms with Crippen molar-refractivity contribution in [2.24, 2.45) is 5.92 Å². The van der Waals surface area contributed by atoms with Crippen molar-refractivity contribution in [2.75, 3.05) is 13.7 Å². The first-order valence-corrected chi connectivity index (χ1v) is 7.04. The largest absolute Gasteiger partial charge is 0.497 e. The van der Waals surface area contributed by atoms with Gasteiger partial charge < -0.3 is 10.1 Å². The second kappa shape index (κ2) is 5.75. The Hall–Kier alpha value is -1.02. The number of methoxy groups -OCH3 is 1. The SMILES string of the molecule is COc1cccc(CC2(C(C)C)CCCCN2)c1. The van der Waals surface area contributed by atoms with E-state index in [0.29, 0.717) is 5.92 Å². The molecule has 1 saturated heterocycles. The molecule has 0 aliphatic carbocycles. The Bertz CT molecular complexity index is 380. The summed E-state index contributed by atoms with van der Waals surface area (Å²) in [5.41, 5.74) is 1.64. The van der Waals surface area contributed by atoms with Gasteiger partial charge >= 0.3 is 0 Å². The number of rotatable bonds is 4. The first kappa shape index (κ1) is 13.4. The van der Waals surface area contributed by atoms with Gasteiger partial charge in [-0.05, 0) is 49.4 Å². The van der Waals surface area contributed by atoms with Gasteiger partial charge in [0.1, 0.15) is 5.75 Å². The Morgan fingerprint density at radius 1 is 1.33 bits per heavy atom. The Morgan fingerprint density at radius 3 is 2.78 bits per heavy atom. The molecule has 1 atom stereocenters. The highest BCUT2D eigenvalue weighted by atomic mass is 16.5. The summed E-state index contributed by atoms with van der Waals surface area (Å²) < 4.78 is 5.32. The van der Waals surface area contributed by atoms with Crippen LogP contribution in [0.5, 0.6) is 5.75 Å². The molecule has 0 amide bonds. The third-order valence-corrected chi connectivity index (χ3v) is 4.29. The molecule has 1 unspecified atom stereocenters. The topological polar surface area (TPSA) is 21.3 Å². The van der Waals surface area contributed by atoms with E-state index in [1.165, 1.54) is 24.8 Å². The molecule has 1 aliphatic heterocycles. The molecule has 18 heavy (non-hydrogen) atoms. The van der Waals surface area contributed by atoms with Crippen LogP contribution in [0.15, 0.2) is 24.3 Å². The summed E-state index contributed by atoms with van der Waals surface area (Å²) in [6.45, 7) is 5.82. The van der Waals surface area contributed by atoms with Gasteiger partial charge in [-0.3, -0.25) is 0 Å². The molecule has 2 rings (SSSR count). The monoisotopic (exact) mass is 247 g/mol. The number of hydrogen-bond acceptors (Lipinski definition) is 2. The average Bonchev–Trinajstić information content (AvgIpc) is 2.40. The van der Waals surface area contributed by atoms with Crippen LogP contribution in [-0.4, -0.2) is 19.2 Å². The molecule has 1 N–H and O–H groups in total. The van der Waals surface area contributed by atoms with Gasteiger partial charge in [-0.15, -0.1) is 0 Å². The lowest BCUT2D eigenvalue weighted by Gasteiger charge is -2.42. The second-order valence-electron chi connectivity index (χ2n) is 5.72. The highest BCUT2D eigenvalue weighted by Crippen LogP contribution is 2.31. The van der Waals surface area contributed by atoms with Crippen LogP contribution >= 0.6 is 0 Å². The van der Waals surface area contributed by atoms with Crippen molar-refractivity contribution in [3.63, 3.8) is 0 Å². The van der Waals surface area contributed by atoms with E-state index in [4.69, 9.17) is 4.74 Å². The minimum absolute atomic E-state index is 0.268. The molecule has 0 radical (unpaired) electrons. The molecule has 2 heteroatoms. The zero-order valence-corrected chi connectivity index (χ0v) is 11.8. The fraction of sp³-hybridized carbons (Fsp3) is 0.625. The van der Waals surface area contributed by atoms with Gasteiger partial charge in [0, 0.05) is 5.54 Å². The van der Waals surface area contributed by atoms with E-state index in [1.54, 1.807) is 7.11 Å². The normalized spacial score (nSPS) is 24.2. The smallest absolute Gasteiger partial charge is 0.119 e. The van der Waals surface area contributed by atoms with Crippen molar-refractivity contribution in [3.05, 3.63) is 29.8 Å². The van der Waals surface area contributed by atoms with Crippen LogP contribution in [0.3, 0.4) is 0 Å². The summed E-state index contributed by atoms with van der Waals surface area (Å²) in [7, 11) is 1.73. The quantitative estimate of drug-likeness (QED) is 0.880. The maximum absolute atomic E-state index is 5.32. The highest BCUT2D eigenvalue weighted by Gasteiger charge is 2.34. The molecule has 0 bridgehead atoms. The maximum atomic E-state index is 5.32. The predicted octanol–water partition coefficient (Wildman–Crippen LogP) is 3.41. The summed E-state index contributed by atoms with van der Waals surface area (Å²) >= 11 is 0. The molecule has 1 aliphatic rings. The Kier molecular flexibility index (Phi) is 4.28. The van der Waals surface area contributed by atoms with Crippen molar-refractivity contribution in [1.82, 2.24) is 5.32 Å². The Morgan fingerprint density at radius 2 is 2.17 bits per heavy atom. The van der Waals surface area contributed by atoms with Gasteiger partial charge in [-0.1, -0.05) is 32.4 Å². The summed E-state index contributed by atoms with van der Waals surface area (Å²) in [6, 6.07) is 8.48. The van der Waals surface area contributed by atoms with E-state index < -0.39 is 0 Å². The third-order valence-electron chi connectivity index (χ3n) is 4.29. The van der Waals surface area contributed by atoms with Crippen molar-refractivity contribution in [1.29, 1.82) is 0 Å². The van der Waals surface area contributed by atoms with E-state index in [0.717, 1.165) is 18.7 Å². The highest BCUT2D eigenvalue weighted by molar-refractivity contribution is 5.30. The lowest BCUT2D eigenvalue weighted by Crippen LogP contribution is -2.54. The van der Waals surface area contributed by atoms with Gasteiger partial charge in [-0.25, -0.2) is 0 Å². The molecule has 1 aromatic carbocycles. The number of hydrogen-bond donors (Lipinski definition) is 1. The first-order chi connectivity index (χ1) is 8.66. The lowest BCUT2D eigenvalue weighted by molar-refractivity contribution is 0.182. The van der Waals surface area contributed by atoms with E-state index >= 15 is 0 Å². The van der Waals surface area contributed by atoms with E-state index in [9.17, 15) is 0 Å². The Labute approximate surface area is 111 Å². The van der Waals surface area contributed by atoms with Crippen molar-refractivity contribution in [3.8, 4) is 5.75 Å². The third kappa shape index (κ3) is 2.86. The van der Waals surface area contributed by atoms with Crippen LogP contribution < -0.4 is 10.1 Å². The molecule has 100 valence electrons. The van der Waals surface area contributed by atoms with Crippen molar-refractivity contribution < 1.29 is 4.74 Å². The average molecular weight is 247 g/mol. The van der Waals surface area contributed by atoms with E-state index in [1.807, 2.05) is 6.07 Å². The number of benzene rings is 1. The second-order valence-corrected chi connectivity index (χ2v) is 5.72. The fourth-order valence-corrected chi connectivity index (χ4v) is 2.99. The Balaban J connectivity index is 2.17. The van der Waals surface area contributed by atoms with E-state index in [-0.39, 0.29) is 5.54 Å². The molecular formula is C16H25NO. The van der Waals surface area contributed by atoms with Gasteiger partial charge in [0.05, 0.1) is 7.11 Å². The fourth-order valence-electron chi connectivity index (χ4n) is 2.99. The van der Waals surface area contributed by atoms with Gasteiger partial charge in [0.15, 0.2) is 0 Å². The van der Waals surface area contributed by atoms with Crippen LogP contribution in [0.25, 0.3) is 0 Å². The number of nitrogens with one attached hydrogen (secondary N) is 1. The van der Waals surface area contributed by atoms with Crippen molar-refractivity contribution >= 4 is 0 Å². The van der Waals surface area contributed by atoms with Gasteiger partial charge in [0.25, 0.3) is 0 Å². The minimum Gasteiger partial charge on any atom is -0.497 e. The number of piperidine rings is 1. The maximum Gasteiger partial charge on any atom is 0.119 e. The molecular weight excluding hydrogens is 222 g/mol. The van der Waals surface area contributed by atoms with Crippen LogP contribution in [-0.2, 0) is 6.42 Å². The van der Waals surface area contributed by atoms with Crippen LogP contribution in [0.4, 0.5) is 0 Å². The summed E-state index contributed by atoms with van der Waals surface area (Å²) in [5, 5.41) is 3.78. The van der Waals surface area contributed by atoms with Gasteiger partial charge in [-0.2, -0.15) is 0 Å². The molecule has 1 heterocycles. The standard InChI is InChI=1S/C16H25NO/c1-13(2)16(9-4-5-10-17-16)12-14-7-6-8-15(11-14)18-3/h6-8,11,13,17H,4-5,9-10,12H2,1-3H3. The first-order valence-electron chi connectivity index (χ1n) is 7.04. The van der Waals surface area contributed by atoms with Crippen LogP contribution in [0.1, 0.15) is 38.7 Å². The molecule has 2 nitrogen and oxygen atoms in total. The number of ether oxygens (including phenoxy) is 1. The molecule has 1 aromatic rings. The minimum atomic E-state index is 0.268.